The molecule has 0 aliphatic heterocycles. The van der Waals surface area contributed by atoms with Crippen LogP contribution in [-0.2, 0) is 27.5 Å². The maximum absolute atomic E-state index is 12.0. The molecule has 1 atom stereocenters. The average Bonchev–Trinajstić information content (AvgIpc) is 3.15. The molecule has 25 heavy (non-hydrogen) atoms. The van der Waals surface area contributed by atoms with Gasteiger partial charge in [0.1, 0.15) is 0 Å². The predicted molar refractivity (Wildman–Crippen MR) is 90.2 cm³/mol. The highest BCUT2D eigenvalue weighted by Crippen LogP contribution is 2.17. The zero-order valence-electron chi connectivity index (χ0n) is 13.8. The number of rotatable bonds is 7. The molecule has 0 bridgehead atoms. The minimum atomic E-state index is -0.684. The maximum Gasteiger partial charge on any atom is 0.335 e. The van der Waals surface area contributed by atoms with Gasteiger partial charge >= 0.3 is 5.97 Å². The van der Waals surface area contributed by atoms with E-state index in [0.717, 1.165) is 11.1 Å². The number of benzene rings is 2. The Morgan fingerprint density at radius 3 is 2.40 bits per heavy atom. The number of carbonyl (C=O) groups is 1. The lowest BCUT2D eigenvalue weighted by Crippen LogP contribution is -2.23. The van der Waals surface area contributed by atoms with Gasteiger partial charge in [0, 0.05) is 5.56 Å². The van der Waals surface area contributed by atoms with Crippen LogP contribution in [0.3, 0.4) is 0 Å². The van der Waals surface area contributed by atoms with Crippen LogP contribution in [0.2, 0.25) is 0 Å². The van der Waals surface area contributed by atoms with E-state index >= 15 is 0 Å². The number of hydrogen-bond donors (Lipinski definition) is 0. The summed E-state index contributed by atoms with van der Waals surface area (Å²) in [5, 5.41) is 7.83. The van der Waals surface area contributed by atoms with Crippen molar-refractivity contribution in [1.29, 1.82) is 0 Å². The second kappa shape index (κ2) is 8.21. The van der Waals surface area contributed by atoms with Crippen molar-refractivity contribution in [1.82, 2.24) is 10.2 Å². The Bertz CT molecular complexity index is 803. The lowest BCUT2D eigenvalue weighted by molar-refractivity contribution is -0.158. The van der Waals surface area contributed by atoms with Gasteiger partial charge in [0.05, 0.1) is 6.61 Å². The molecule has 0 radical (unpaired) electrons. The van der Waals surface area contributed by atoms with E-state index in [2.05, 4.69) is 10.2 Å². The van der Waals surface area contributed by atoms with Crippen LogP contribution in [0.1, 0.15) is 18.4 Å². The molecule has 0 fully saturated rings. The van der Waals surface area contributed by atoms with Gasteiger partial charge in [-0.15, -0.1) is 10.2 Å². The van der Waals surface area contributed by atoms with E-state index in [1.54, 1.807) is 6.92 Å². The topological polar surface area (TPSA) is 74.5 Å². The molecule has 0 amide bonds. The van der Waals surface area contributed by atoms with E-state index in [1.165, 1.54) is 0 Å². The van der Waals surface area contributed by atoms with Crippen LogP contribution in [0.4, 0.5) is 0 Å². The highest BCUT2D eigenvalue weighted by molar-refractivity contribution is 5.74. The molecule has 6 heteroatoms. The molecular weight excluding hydrogens is 320 g/mol. The summed E-state index contributed by atoms with van der Waals surface area (Å²) in [7, 11) is 0. The van der Waals surface area contributed by atoms with Gasteiger partial charge in [-0.2, -0.15) is 0 Å². The summed E-state index contributed by atoms with van der Waals surface area (Å²) in [5.74, 6) is 0.151. The first-order valence-corrected chi connectivity index (χ1v) is 7.92. The fourth-order valence-corrected chi connectivity index (χ4v) is 2.12. The Kier molecular flexibility index (Phi) is 5.53. The first kappa shape index (κ1) is 16.9. The quantitative estimate of drug-likeness (QED) is 0.615. The minimum absolute atomic E-state index is 0.0856. The van der Waals surface area contributed by atoms with Gasteiger partial charge in [-0.1, -0.05) is 48.5 Å². The Hall–Kier alpha value is -2.99. The van der Waals surface area contributed by atoms with Crippen molar-refractivity contribution in [3.8, 4) is 11.5 Å². The van der Waals surface area contributed by atoms with Crippen molar-refractivity contribution in [2.24, 2.45) is 0 Å². The van der Waals surface area contributed by atoms with E-state index in [1.807, 2.05) is 60.7 Å². The van der Waals surface area contributed by atoms with Gasteiger partial charge < -0.3 is 13.9 Å². The predicted octanol–water partition coefficient (Wildman–Crippen LogP) is 3.39. The maximum atomic E-state index is 12.0. The Labute approximate surface area is 145 Å². The summed E-state index contributed by atoms with van der Waals surface area (Å²) in [6, 6.07) is 19.0. The SMILES string of the molecule is CC(OCc1ccccc1)C(=O)OCc1nnc(-c2ccccc2)o1. The summed E-state index contributed by atoms with van der Waals surface area (Å²) >= 11 is 0. The van der Waals surface area contributed by atoms with Crippen LogP contribution in [0, 0.1) is 0 Å². The van der Waals surface area contributed by atoms with Crippen molar-refractivity contribution < 1.29 is 18.7 Å². The normalized spacial score (nSPS) is 11.9. The van der Waals surface area contributed by atoms with Gasteiger partial charge in [0.2, 0.25) is 5.89 Å². The third-order valence-corrected chi connectivity index (χ3v) is 3.50. The van der Waals surface area contributed by atoms with Crippen molar-refractivity contribution in [2.45, 2.75) is 26.2 Å². The van der Waals surface area contributed by atoms with Gasteiger partial charge in [0.15, 0.2) is 12.7 Å². The zero-order valence-corrected chi connectivity index (χ0v) is 13.8. The van der Waals surface area contributed by atoms with Crippen molar-refractivity contribution >= 4 is 5.97 Å². The summed E-state index contributed by atoms with van der Waals surface area (Å²) in [5.41, 5.74) is 1.80. The largest absolute Gasteiger partial charge is 0.454 e. The van der Waals surface area contributed by atoms with Crippen LogP contribution < -0.4 is 0 Å². The molecule has 0 aliphatic rings. The van der Waals surface area contributed by atoms with Crippen LogP contribution in [0.15, 0.2) is 65.1 Å². The van der Waals surface area contributed by atoms with Crippen molar-refractivity contribution in [3.63, 3.8) is 0 Å². The first-order chi connectivity index (χ1) is 12.2. The molecule has 0 spiro atoms. The summed E-state index contributed by atoms with van der Waals surface area (Å²) < 4.78 is 16.2. The zero-order chi connectivity index (χ0) is 17.5. The average molecular weight is 338 g/mol. The fraction of sp³-hybridized carbons (Fsp3) is 0.211. The lowest BCUT2D eigenvalue weighted by atomic mass is 10.2. The van der Waals surface area contributed by atoms with E-state index in [4.69, 9.17) is 13.9 Å². The molecule has 0 saturated heterocycles. The first-order valence-electron chi connectivity index (χ1n) is 7.92. The van der Waals surface area contributed by atoms with E-state index < -0.39 is 12.1 Å². The second-order valence-corrected chi connectivity index (χ2v) is 5.41. The molecule has 0 aliphatic carbocycles. The molecule has 3 rings (SSSR count). The summed E-state index contributed by atoms with van der Waals surface area (Å²) in [4.78, 5) is 12.0. The van der Waals surface area contributed by atoms with Gasteiger partial charge in [0.25, 0.3) is 5.89 Å². The molecule has 128 valence electrons. The van der Waals surface area contributed by atoms with Gasteiger partial charge in [-0.05, 0) is 24.6 Å². The van der Waals surface area contributed by atoms with Crippen molar-refractivity contribution in [2.75, 3.05) is 0 Å². The number of esters is 1. The van der Waals surface area contributed by atoms with Crippen LogP contribution in [0.5, 0.6) is 0 Å². The van der Waals surface area contributed by atoms with E-state index in [9.17, 15) is 4.79 Å². The smallest absolute Gasteiger partial charge is 0.335 e. The molecule has 6 nitrogen and oxygen atoms in total. The van der Waals surface area contributed by atoms with E-state index in [0.29, 0.717) is 12.5 Å². The number of nitrogens with zero attached hydrogens (tertiary/aromatic N) is 2. The minimum Gasteiger partial charge on any atom is -0.454 e. The lowest BCUT2D eigenvalue weighted by Gasteiger charge is -2.11. The van der Waals surface area contributed by atoms with Crippen molar-refractivity contribution in [3.05, 3.63) is 72.1 Å². The number of hydrogen-bond acceptors (Lipinski definition) is 6. The Balaban J connectivity index is 1.48. The standard InChI is InChI=1S/C19H18N2O4/c1-14(23-12-15-8-4-2-5-9-15)19(22)24-13-17-20-21-18(25-17)16-10-6-3-7-11-16/h2-11,14H,12-13H2,1H3. The molecule has 1 unspecified atom stereocenters. The van der Waals surface area contributed by atoms with Gasteiger partial charge in [-0.3, -0.25) is 0 Å². The number of aromatic nitrogens is 2. The van der Waals surface area contributed by atoms with Crippen LogP contribution in [0.25, 0.3) is 11.5 Å². The Morgan fingerprint density at radius 1 is 1.00 bits per heavy atom. The monoisotopic (exact) mass is 338 g/mol. The molecular formula is C19H18N2O4. The molecule has 0 N–H and O–H groups in total. The molecule has 1 aromatic heterocycles. The number of carbonyl (C=O) groups excluding carboxylic acids is 1. The Morgan fingerprint density at radius 2 is 1.68 bits per heavy atom. The van der Waals surface area contributed by atoms with Crippen LogP contribution in [-0.4, -0.2) is 22.3 Å². The summed E-state index contributed by atoms with van der Waals surface area (Å²) in [6.07, 6.45) is -0.684. The highest BCUT2D eigenvalue weighted by Gasteiger charge is 2.17. The summed E-state index contributed by atoms with van der Waals surface area (Å²) in [6.45, 7) is 1.90. The number of ether oxygens (including phenoxy) is 2. The van der Waals surface area contributed by atoms with E-state index in [-0.39, 0.29) is 12.5 Å². The second-order valence-electron chi connectivity index (χ2n) is 5.41. The molecule has 3 aromatic rings. The fourth-order valence-electron chi connectivity index (χ4n) is 2.12. The molecule has 1 heterocycles. The third kappa shape index (κ3) is 4.74. The highest BCUT2D eigenvalue weighted by atomic mass is 16.6. The van der Waals surface area contributed by atoms with Gasteiger partial charge in [-0.25, -0.2) is 4.79 Å². The molecule has 2 aromatic carbocycles. The van der Waals surface area contributed by atoms with Crippen LogP contribution >= 0.6 is 0 Å². The third-order valence-electron chi connectivity index (χ3n) is 3.50. The molecule has 0 saturated carbocycles.